The summed E-state index contributed by atoms with van der Waals surface area (Å²) in [7, 11) is -7.00. The van der Waals surface area contributed by atoms with Gasteiger partial charge in [0, 0.05) is 48.2 Å². The summed E-state index contributed by atoms with van der Waals surface area (Å²) in [5.74, 6) is -1.19. The molecule has 308 valence electrons. The number of nitrogens with zero attached hydrogens (tertiary/aromatic N) is 2. The average Bonchev–Trinajstić information content (AvgIpc) is 3.24. The molecule has 4 N–H and O–H groups in total. The Balaban J connectivity index is 0.000000175. The summed E-state index contributed by atoms with van der Waals surface area (Å²) in [6.45, 7) is 0. The number of carboxylic acids is 1. The molecular weight excluding hydrogens is 825 g/mol. The van der Waals surface area contributed by atoms with E-state index in [1.165, 1.54) is 42.7 Å². The van der Waals surface area contributed by atoms with Crippen LogP contribution in [0.3, 0.4) is 0 Å². The maximum Gasteiger partial charge on any atom is 0.354 e. The van der Waals surface area contributed by atoms with E-state index in [4.69, 9.17) is 19.7 Å². The number of nitrogens with one attached hydrogen (secondary N) is 1. The first-order chi connectivity index (χ1) is 29.0. The van der Waals surface area contributed by atoms with Gasteiger partial charge in [-0.05, 0) is 72.8 Å². The van der Waals surface area contributed by atoms with E-state index in [1.807, 2.05) is 0 Å². The number of hydrogen-bond donors (Lipinski definition) is 3. The number of hydrogen-bond acceptors (Lipinski definition) is 13. The van der Waals surface area contributed by atoms with Crippen molar-refractivity contribution in [3.63, 3.8) is 0 Å². The van der Waals surface area contributed by atoms with Crippen LogP contribution in [0.2, 0.25) is 0 Å². The number of benzene rings is 4. The predicted molar refractivity (Wildman–Crippen MR) is 230 cm³/mol. The molecule has 0 bridgehead atoms. The molecule has 4 aromatic heterocycles. The highest BCUT2D eigenvalue weighted by Gasteiger charge is 2.20. The lowest BCUT2D eigenvalue weighted by Gasteiger charge is -2.11. The Kier molecular flexibility index (Phi) is 12.7. The van der Waals surface area contributed by atoms with Gasteiger partial charge in [-0.25, -0.2) is 26.6 Å². The maximum atomic E-state index is 12.7. The van der Waals surface area contributed by atoms with Gasteiger partial charge < -0.3 is 25.0 Å². The number of carbonyl (C=O) groups excluding carboxylic acids is 1. The highest BCUT2D eigenvalue weighted by atomic mass is 32.2. The Morgan fingerprint density at radius 3 is 1.52 bits per heavy atom. The molecule has 0 aliphatic carbocycles. The Morgan fingerprint density at radius 2 is 1.05 bits per heavy atom. The number of rotatable bonds is 7. The van der Waals surface area contributed by atoms with Gasteiger partial charge in [-0.15, -0.1) is 0 Å². The van der Waals surface area contributed by atoms with Crippen molar-refractivity contribution in [1.29, 1.82) is 0 Å². The Hall–Kier alpha value is -7.76. The van der Waals surface area contributed by atoms with E-state index in [-0.39, 0.29) is 71.4 Å². The van der Waals surface area contributed by atoms with E-state index >= 15 is 0 Å². The summed E-state index contributed by atoms with van der Waals surface area (Å²) in [4.78, 5) is 55.3. The second-order valence-corrected chi connectivity index (χ2v) is 17.1. The maximum absolute atomic E-state index is 12.7. The molecule has 0 unspecified atom stereocenters. The fourth-order valence-corrected chi connectivity index (χ4v) is 7.69. The predicted octanol–water partition coefficient (Wildman–Crippen LogP) is 6.74. The number of sulfone groups is 2. The van der Waals surface area contributed by atoms with Gasteiger partial charge in [0.05, 0.1) is 31.9 Å². The molecule has 17 heteroatoms. The lowest BCUT2D eigenvalue weighted by atomic mass is 10.1. The molecule has 4 aromatic carbocycles. The van der Waals surface area contributed by atoms with Crippen molar-refractivity contribution in [3.8, 4) is 22.6 Å². The minimum absolute atomic E-state index is 0.0440. The summed E-state index contributed by atoms with van der Waals surface area (Å²) in [5.41, 5.74) is 7.12. The Morgan fingerprint density at radius 1 is 0.590 bits per heavy atom. The van der Waals surface area contributed by atoms with Crippen molar-refractivity contribution in [1.82, 2.24) is 9.97 Å². The molecule has 0 atom stereocenters. The van der Waals surface area contributed by atoms with Crippen LogP contribution in [0.4, 0.5) is 11.4 Å². The number of para-hydroxylation sites is 2. The lowest BCUT2D eigenvalue weighted by Crippen LogP contribution is -2.14. The van der Waals surface area contributed by atoms with Crippen LogP contribution in [-0.4, -0.2) is 56.3 Å². The van der Waals surface area contributed by atoms with Crippen molar-refractivity contribution in [2.75, 3.05) is 23.6 Å². The average molecular weight is 859 g/mol. The molecular formula is C44H34N4O11S2. The molecule has 4 heterocycles. The van der Waals surface area contributed by atoms with Crippen LogP contribution in [0.25, 0.3) is 44.6 Å². The van der Waals surface area contributed by atoms with Crippen molar-refractivity contribution in [2.24, 2.45) is 0 Å². The zero-order valence-electron chi connectivity index (χ0n) is 32.2. The molecule has 0 saturated heterocycles. The molecule has 8 rings (SSSR count). The van der Waals surface area contributed by atoms with Crippen LogP contribution in [0.1, 0.15) is 21.0 Å². The highest BCUT2D eigenvalue weighted by molar-refractivity contribution is 7.91. The second-order valence-electron chi connectivity index (χ2n) is 13.1. The molecule has 0 aliphatic rings. The smallest absolute Gasteiger partial charge is 0.354 e. The minimum atomic E-state index is -3.55. The summed E-state index contributed by atoms with van der Waals surface area (Å²) < 4.78 is 59.8. The summed E-state index contributed by atoms with van der Waals surface area (Å²) in [6, 6.07) is 34.6. The number of pyridine rings is 2. The molecule has 0 aliphatic heterocycles. The molecule has 1 amide bonds. The first-order valence-corrected chi connectivity index (χ1v) is 21.7. The third-order valence-electron chi connectivity index (χ3n) is 8.67. The Labute approximate surface area is 347 Å². The molecule has 0 radical (unpaired) electrons. The molecule has 0 saturated carbocycles. The standard InChI is InChI=1S/C22H16N2O5S.C16H13NO4S.C6H5NO2/c1-30(27,28)20-11-3-2-7-15(20)19-13-18(25)14-8-6-10-16(21(14)29-19)24-22(26)17-9-4-5-12-23-17;1-22(19,20)15-8-3-2-5-11(15)14-9-13(18)10-6-4-7-12(17)16(10)21-14;8-6(9)5-3-1-2-4-7-5/h2-13H,1H3,(H,24,26);2-9H,17H2,1H3;1-4H,(H,8,9). The number of fused-ring (bicyclic) bond motifs is 2. The van der Waals surface area contributed by atoms with E-state index in [1.54, 1.807) is 103 Å². The van der Waals surface area contributed by atoms with Gasteiger partial charge in [0.15, 0.2) is 41.7 Å². The van der Waals surface area contributed by atoms with E-state index in [2.05, 4.69) is 15.3 Å². The van der Waals surface area contributed by atoms with Gasteiger partial charge in [-0.1, -0.05) is 48.5 Å². The first-order valence-electron chi connectivity index (χ1n) is 17.9. The van der Waals surface area contributed by atoms with Gasteiger partial charge in [-0.3, -0.25) is 19.4 Å². The number of nitrogens with two attached hydrogens (primary N) is 1. The van der Waals surface area contributed by atoms with Crippen molar-refractivity contribution < 1.29 is 40.4 Å². The molecule has 15 nitrogen and oxygen atoms in total. The van der Waals surface area contributed by atoms with Crippen LogP contribution in [-0.2, 0) is 19.7 Å². The first kappa shape index (κ1) is 42.8. The van der Waals surface area contributed by atoms with E-state index in [0.29, 0.717) is 16.6 Å². The highest BCUT2D eigenvalue weighted by Crippen LogP contribution is 2.32. The number of carbonyl (C=O) groups is 2. The minimum Gasteiger partial charge on any atom is -0.477 e. The number of aromatic nitrogens is 2. The molecule has 61 heavy (non-hydrogen) atoms. The fourth-order valence-electron chi connectivity index (χ4n) is 5.90. The van der Waals surface area contributed by atoms with Crippen LogP contribution >= 0.6 is 0 Å². The van der Waals surface area contributed by atoms with Crippen molar-refractivity contribution >= 4 is 64.9 Å². The van der Waals surface area contributed by atoms with Crippen molar-refractivity contribution in [3.05, 3.63) is 178 Å². The number of anilines is 2. The molecule has 8 aromatic rings. The van der Waals surface area contributed by atoms with E-state index in [0.717, 1.165) is 12.5 Å². The largest absolute Gasteiger partial charge is 0.477 e. The number of nitrogen functional groups attached to an aromatic ring is 1. The second kappa shape index (κ2) is 18.0. The van der Waals surface area contributed by atoms with Crippen molar-refractivity contribution in [2.45, 2.75) is 9.79 Å². The molecule has 0 fully saturated rings. The topological polar surface area (TPSA) is 247 Å². The summed E-state index contributed by atoms with van der Waals surface area (Å²) >= 11 is 0. The normalized spacial score (nSPS) is 11.1. The summed E-state index contributed by atoms with van der Waals surface area (Å²) in [5, 5.41) is 11.6. The number of aromatic carboxylic acids is 1. The lowest BCUT2D eigenvalue weighted by molar-refractivity contribution is 0.0690. The molecule has 0 spiro atoms. The van der Waals surface area contributed by atoms with Gasteiger partial charge in [0.25, 0.3) is 5.91 Å². The fraction of sp³-hybridized carbons (Fsp3) is 0.0455. The third kappa shape index (κ3) is 10.1. The van der Waals surface area contributed by atoms with Gasteiger partial charge >= 0.3 is 5.97 Å². The number of amides is 1. The zero-order valence-corrected chi connectivity index (χ0v) is 33.8. The quantitative estimate of drug-likeness (QED) is 0.141. The van der Waals surface area contributed by atoms with Crippen LogP contribution < -0.4 is 21.9 Å². The summed E-state index contributed by atoms with van der Waals surface area (Å²) in [6.07, 6.45) is 5.14. The van der Waals surface area contributed by atoms with E-state index in [9.17, 15) is 36.0 Å². The third-order valence-corrected chi connectivity index (χ3v) is 11.0. The van der Waals surface area contributed by atoms with Crippen LogP contribution in [0.5, 0.6) is 0 Å². The van der Waals surface area contributed by atoms with Gasteiger partial charge in [0.2, 0.25) is 0 Å². The monoisotopic (exact) mass is 858 g/mol. The zero-order chi connectivity index (χ0) is 43.9. The SMILES string of the molecule is CS(=O)(=O)c1ccccc1-c1cc(=O)c2cccc(N)c2o1.CS(=O)(=O)c1ccccc1-c1cc(=O)c2cccc(NC(=O)c3ccccn3)c2o1.O=C(O)c1ccccn1. The number of carboxylic acid groups (broad SMARTS) is 1. The van der Waals surface area contributed by atoms with Gasteiger partial charge in [0.1, 0.15) is 22.9 Å². The van der Waals surface area contributed by atoms with Crippen LogP contribution in [0, 0.1) is 0 Å². The van der Waals surface area contributed by atoms with Gasteiger partial charge in [-0.2, -0.15) is 0 Å². The van der Waals surface area contributed by atoms with Crippen LogP contribution in [0.15, 0.2) is 174 Å². The Bertz CT molecular complexity index is 3280. The van der Waals surface area contributed by atoms with E-state index < -0.39 is 31.6 Å².